The zero-order valence-electron chi connectivity index (χ0n) is 14.0. The van der Waals surface area contributed by atoms with Crippen LogP contribution in [0.5, 0.6) is 5.75 Å². The molecule has 0 aliphatic rings. The van der Waals surface area contributed by atoms with Gasteiger partial charge in [0.25, 0.3) is 11.6 Å². The second-order valence-corrected chi connectivity index (χ2v) is 5.55. The Morgan fingerprint density at radius 2 is 2.11 bits per heavy atom. The van der Waals surface area contributed by atoms with Crippen molar-refractivity contribution in [1.29, 1.82) is 5.26 Å². The van der Waals surface area contributed by atoms with E-state index < -0.39 is 10.8 Å². The van der Waals surface area contributed by atoms with Gasteiger partial charge in [-0.3, -0.25) is 14.9 Å². The van der Waals surface area contributed by atoms with Gasteiger partial charge in [0.05, 0.1) is 34.5 Å². The highest BCUT2D eigenvalue weighted by molar-refractivity contribution is 6.33. The number of nitro benzene ring substituents is 1. The van der Waals surface area contributed by atoms with Crippen molar-refractivity contribution in [1.82, 2.24) is 0 Å². The number of halogens is 1. The number of nitriles is 1. The fraction of sp³-hybridized carbons (Fsp3) is 0.0588. The third-order valence-electron chi connectivity index (χ3n) is 3.39. The van der Waals surface area contributed by atoms with Gasteiger partial charge in [-0.1, -0.05) is 11.6 Å². The average Bonchev–Trinajstić information content (AvgIpc) is 2.65. The first kappa shape index (κ1) is 19.6. The number of anilines is 3. The molecule has 2 rings (SSSR count). The van der Waals surface area contributed by atoms with Crippen LogP contribution in [-0.4, -0.2) is 17.9 Å². The Balaban J connectivity index is 2.18. The minimum absolute atomic E-state index is 0.0908. The highest BCUT2D eigenvalue weighted by atomic mass is 35.5. The normalized spacial score (nSPS) is 10.6. The maximum absolute atomic E-state index is 12.3. The van der Waals surface area contributed by atoms with E-state index in [9.17, 15) is 20.2 Å². The molecule has 138 valence electrons. The predicted molar refractivity (Wildman–Crippen MR) is 101 cm³/mol. The van der Waals surface area contributed by atoms with Gasteiger partial charge in [0.2, 0.25) is 0 Å². The number of nitrogens with two attached hydrogens (primary N) is 1. The zero-order valence-corrected chi connectivity index (χ0v) is 14.8. The van der Waals surface area contributed by atoms with E-state index in [1.54, 1.807) is 24.3 Å². The van der Waals surface area contributed by atoms with Crippen molar-refractivity contribution >= 4 is 40.3 Å². The molecule has 2 aromatic carbocycles. The molecule has 0 heterocycles. The smallest absolute Gasteiger partial charge is 0.273 e. The Bertz CT molecular complexity index is 968. The molecule has 0 aliphatic carbocycles. The number of nitrogens with one attached hydrogen (secondary N) is 2. The van der Waals surface area contributed by atoms with E-state index >= 15 is 0 Å². The topological polar surface area (TPSA) is 143 Å². The molecule has 0 spiro atoms. The predicted octanol–water partition coefficient (Wildman–Crippen LogP) is 3.30. The second-order valence-electron chi connectivity index (χ2n) is 5.15. The summed E-state index contributed by atoms with van der Waals surface area (Å²) in [6.07, 6.45) is 1.20. The molecule has 0 atom stereocenters. The average molecular weight is 388 g/mol. The van der Waals surface area contributed by atoms with Crippen LogP contribution in [0.25, 0.3) is 0 Å². The molecule has 27 heavy (non-hydrogen) atoms. The standard InChI is InChI=1S/C17H14ClN5O4/c1-27-16-7-12(23(25)26)3-5-15(16)22-17(24)10(8-19)9-21-11-2-4-14(20)13(18)6-11/h2-7,9,21H,20H2,1H3,(H,22,24)/b10-9-. The van der Waals surface area contributed by atoms with Crippen molar-refractivity contribution in [3.8, 4) is 11.8 Å². The monoisotopic (exact) mass is 387 g/mol. The Kier molecular flexibility index (Phi) is 6.19. The van der Waals surface area contributed by atoms with Gasteiger partial charge in [0.15, 0.2) is 0 Å². The van der Waals surface area contributed by atoms with Gasteiger partial charge in [-0.25, -0.2) is 0 Å². The molecule has 9 nitrogen and oxygen atoms in total. The van der Waals surface area contributed by atoms with Gasteiger partial charge >= 0.3 is 0 Å². The number of rotatable bonds is 6. The number of nitrogen functional groups attached to an aromatic ring is 1. The summed E-state index contributed by atoms with van der Waals surface area (Å²) in [6.45, 7) is 0. The van der Waals surface area contributed by atoms with E-state index in [1.165, 1.54) is 31.5 Å². The first-order valence-electron chi connectivity index (χ1n) is 7.41. The molecule has 2 aromatic rings. The largest absolute Gasteiger partial charge is 0.494 e. The number of carbonyl (C=O) groups excluding carboxylic acids is 1. The number of benzene rings is 2. The number of nitro groups is 1. The molecule has 0 aromatic heterocycles. The maximum Gasteiger partial charge on any atom is 0.273 e. The number of hydrogen-bond donors (Lipinski definition) is 3. The summed E-state index contributed by atoms with van der Waals surface area (Å²) in [5, 5.41) is 25.6. The number of non-ortho nitro benzene ring substituents is 1. The molecule has 0 unspecified atom stereocenters. The quantitative estimate of drug-likeness (QED) is 0.227. The van der Waals surface area contributed by atoms with Gasteiger partial charge in [0, 0.05) is 18.0 Å². The molecule has 4 N–H and O–H groups in total. The van der Waals surface area contributed by atoms with Gasteiger partial charge in [-0.05, 0) is 24.3 Å². The Morgan fingerprint density at radius 3 is 2.70 bits per heavy atom. The van der Waals surface area contributed by atoms with E-state index in [0.717, 1.165) is 0 Å². The minimum Gasteiger partial charge on any atom is -0.494 e. The Labute approximate surface area is 159 Å². The molecule has 0 aliphatic heterocycles. The molecule has 0 saturated carbocycles. The fourth-order valence-electron chi connectivity index (χ4n) is 2.01. The molecule has 1 amide bonds. The van der Waals surface area contributed by atoms with Crippen LogP contribution < -0.4 is 21.1 Å². The lowest BCUT2D eigenvalue weighted by Crippen LogP contribution is -2.15. The lowest BCUT2D eigenvalue weighted by molar-refractivity contribution is -0.384. The molecular formula is C17H14ClN5O4. The van der Waals surface area contributed by atoms with Crippen LogP contribution in [0.2, 0.25) is 5.02 Å². The summed E-state index contributed by atoms with van der Waals surface area (Å²) >= 11 is 5.91. The first-order chi connectivity index (χ1) is 12.8. The SMILES string of the molecule is COc1cc([N+](=O)[O-])ccc1NC(=O)/C(C#N)=C\Nc1ccc(N)c(Cl)c1. The number of ether oxygens (including phenoxy) is 1. The summed E-state index contributed by atoms with van der Waals surface area (Å²) in [5.74, 6) is -0.633. The summed E-state index contributed by atoms with van der Waals surface area (Å²) < 4.78 is 5.04. The second kappa shape index (κ2) is 8.55. The van der Waals surface area contributed by atoms with Crippen LogP contribution in [0.15, 0.2) is 48.2 Å². The highest BCUT2D eigenvalue weighted by Crippen LogP contribution is 2.29. The molecule has 0 radical (unpaired) electrons. The van der Waals surface area contributed by atoms with E-state index in [4.69, 9.17) is 22.1 Å². The molecular weight excluding hydrogens is 374 g/mol. The van der Waals surface area contributed by atoms with E-state index in [1.807, 2.05) is 0 Å². The van der Waals surface area contributed by atoms with Crippen molar-refractivity contribution in [2.75, 3.05) is 23.5 Å². The Morgan fingerprint density at radius 1 is 1.37 bits per heavy atom. The minimum atomic E-state index is -0.723. The molecule has 0 fully saturated rings. The number of nitrogens with zero attached hydrogens (tertiary/aromatic N) is 2. The summed E-state index contributed by atoms with van der Waals surface area (Å²) in [7, 11) is 1.31. The van der Waals surface area contributed by atoms with E-state index in [-0.39, 0.29) is 22.7 Å². The van der Waals surface area contributed by atoms with Crippen molar-refractivity contribution in [2.24, 2.45) is 0 Å². The molecule has 10 heteroatoms. The third-order valence-corrected chi connectivity index (χ3v) is 3.72. The van der Waals surface area contributed by atoms with Crippen molar-refractivity contribution in [2.45, 2.75) is 0 Å². The van der Waals surface area contributed by atoms with Gasteiger partial charge in [0.1, 0.15) is 17.4 Å². The summed E-state index contributed by atoms with van der Waals surface area (Å²) in [4.78, 5) is 22.5. The number of carbonyl (C=O) groups is 1. The van der Waals surface area contributed by atoms with Gasteiger partial charge in [-0.2, -0.15) is 5.26 Å². The highest BCUT2D eigenvalue weighted by Gasteiger charge is 2.15. The third kappa shape index (κ3) is 4.87. The van der Waals surface area contributed by atoms with Gasteiger partial charge in [-0.15, -0.1) is 0 Å². The number of amides is 1. The molecule has 0 bridgehead atoms. The van der Waals surface area contributed by atoms with Crippen LogP contribution in [0.4, 0.5) is 22.7 Å². The number of hydrogen-bond acceptors (Lipinski definition) is 7. The van der Waals surface area contributed by atoms with Crippen molar-refractivity contribution in [3.63, 3.8) is 0 Å². The van der Waals surface area contributed by atoms with Gasteiger partial charge < -0.3 is 21.1 Å². The lowest BCUT2D eigenvalue weighted by Gasteiger charge is -2.10. The fourth-order valence-corrected chi connectivity index (χ4v) is 2.19. The van der Waals surface area contributed by atoms with Crippen molar-refractivity contribution < 1.29 is 14.5 Å². The van der Waals surface area contributed by atoms with Crippen LogP contribution in [0.1, 0.15) is 0 Å². The zero-order chi connectivity index (χ0) is 20.0. The maximum atomic E-state index is 12.3. The van der Waals surface area contributed by atoms with Crippen LogP contribution in [0, 0.1) is 21.4 Å². The Hall–Kier alpha value is -3.77. The first-order valence-corrected chi connectivity index (χ1v) is 7.79. The van der Waals surface area contributed by atoms with E-state index in [0.29, 0.717) is 16.4 Å². The van der Waals surface area contributed by atoms with Crippen molar-refractivity contribution in [3.05, 3.63) is 63.3 Å². The number of methoxy groups -OCH3 is 1. The van der Waals surface area contributed by atoms with E-state index in [2.05, 4.69) is 10.6 Å². The van der Waals surface area contributed by atoms with Crippen LogP contribution in [-0.2, 0) is 4.79 Å². The van der Waals surface area contributed by atoms with Crippen LogP contribution in [0.3, 0.4) is 0 Å². The lowest BCUT2D eigenvalue weighted by atomic mass is 10.2. The van der Waals surface area contributed by atoms with Crippen LogP contribution >= 0.6 is 11.6 Å². The molecule has 0 saturated heterocycles. The summed E-state index contributed by atoms with van der Waals surface area (Å²) in [6, 6.07) is 10.2. The summed E-state index contributed by atoms with van der Waals surface area (Å²) in [5.41, 5.74) is 6.30.